The van der Waals surface area contributed by atoms with Crippen molar-refractivity contribution < 1.29 is 8.42 Å². The van der Waals surface area contributed by atoms with Crippen LogP contribution >= 0.6 is 0 Å². The fourth-order valence-corrected chi connectivity index (χ4v) is 1.91. The van der Waals surface area contributed by atoms with Gasteiger partial charge in [-0.2, -0.15) is 0 Å². The predicted molar refractivity (Wildman–Crippen MR) is 72.3 cm³/mol. The molecule has 1 aromatic carbocycles. The van der Waals surface area contributed by atoms with E-state index in [1.165, 1.54) is 0 Å². The van der Waals surface area contributed by atoms with E-state index in [1.807, 2.05) is 26.8 Å². The summed E-state index contributed by atoms with van der Waals surface area (Å²) in [4.78, 5) is 10.7. The first-order chi connectivity index (χ1) is 8.12. The van der Waals surface area contributed by atoms with Gasteiger partial charge in [0.25, 0.3) is 0 Å². The number of nitroso groups, excluding NO2 is 1. The molecule has 0 spiro atoms. The largest absolute Gasteiger partial charge is 0.213 e. The summed E-state index contributed by atoms with van der Waals surface area (Å²) in [5.41, 5.74) is 1.86. The summed E-state index contributed by atoms with van der Waals surface area (Å²) in [6, 6.07) is 5.18. The van der Waals surface area contributed by atoms with Crippen molar-refractivity contribution in [3.05, 3.63) is 34.2 Å². The lowest BCUT2D eigenvalue weighted by atomic mass is 9.86. The molecule has 0 aromatic heterocycles. The van der Waals surface area contributed by atoms with Crippen molar-refractivity contribution in [3.8, 4) is 0 Å². The summed E-state index contributed by atoms with van der Waals surface area (Å²) >= 11 is 0. The highest BCUT2D eigenvalue weighted by atomic mass is 32.2. The van der Waals surface area contributed by atoms with Crippen LogP contribution in [0, 0.1) is 4.91 Å². The first kappa shape index (κ1) is 14.8. The maximum absolute atomic E-state index is 11.0. The molecule has 0 bridgehead atoms. The predicted octanol–water partition coefficient (Wildman–Crippen LogP) is 2.43. The second-order valence-electron chi connectivity index (χ2n) is 5.32. The van der Waals surface area contributed by atoms with Gasteiger partial charge in [0.15, 0.2) is 0 Å². The van der Waals surface area contributed by atoms with E-state index in [0.717, 1.165) is 17.4 Å². The van der Waals surface area contributed by atoms with E-state index in [0.29, 0.717) is 5.69 Å². The Morgan fingerprint density at radius 1 is 1.22 bits per heavy atom. The lowest BCUT2D eigenvalue weighted by molar-refractivity contribution is 0.585. The molecule has 0 aliphatic carbocycles. The zero-order valence-corrected chi connectivity index (χ0v) is 11.8. The van der Waals surface area contributed by atoms with Gasteiger partial charge in [-0.3, -0.25) is 0 Å². The van der Waals surface area contributed by atoms with Crippen molar-refractivity contribution in [1.29, 1.82) is 0 Å². The summed E-state index contributed by atoms with van der Waals surface area (Å²) in [5, 5.41) is 2.92. The van der Waals surface area contributed by atoms with Crippen LogP contribution in [0.1, 0.15) is 31.9 Å². The number of hydrogen-bond acceptors (Lipinski definition) is 4. The highest BCUT2D eigenvalue weighted by molar-refractivity contribution is 7.88. The molecule has 0 atom stereocenters. The third-order valence-corrected chi connectivity index (χ3v) is 3.16. The monoisotopic (exact) mass is 270 g/mol. The van der Waals surface area contributed by atoms with Crippen LogP contribution in [0.15, 0.2) is 23.4 Å². The van der Waals surface area contributed by atoms with Crippen molar-refractivity contribution in [3.63, 3.8) is 0 Å². The van der Waals surface area contributed by atoms with Crippen molar-refractivity contribution >= 4 is 15.7 Å². The van der Waals surface area contributed by atoms with Gasteiger partial charge < -0.3 is 0 Å². The fourth-order valence-electron chi connectivity index (χ4n) is 1.48. The molecule has 0 unspecified atom stereocenters. The standard InChI is InChI=1S/C12H18N2O3S/c1-12(2,3)10-5-9(6-11(7-10)14-15)8-13-18(4,16)17/h5-7,13H,8H2,1-4H3. The summed E-state index contributed by atoms with van der Waals surface area (Å²) in [6.07, 6.45) is 1.10. The molecule has 0 amide bonds. The molecular formula is C12H18N2O3S. The Morgan fingerprint density at radius 3 is 2.28 bits per heavy atom. The molecule has 0 saturated carbocycles. The number of nitrogens with one attached hydrogen (secondary N) is 1. The Hall–Kier alpha value is -1.27. The minimum absolute atomic E-state index is 0.124. The Labute approximate surface area is 108 Å². The molecule has 100 valence electrons. The van der Waals surface area contributed by atoms with E-state index in [9.17, 15) is 13.3 Å². The smallest absolute Gasteiger partial charge is 0.209 e. The van der Waals surface area contributed by atoms with Crippen molar-refractivity contribution in [2.45, 2.75) is 32.7 Å². The summed E-state index contributed by atoms with van der Waals surface area (Å²) in [6.45, 7) is 6.21. The second kappa shape index (κ2) is 5.16. The molecule has 0 aliphatic rings. The topological polar surface area (TPSA) is 75.6 Å². The molecule has 5 nitrogen and oxygen atoms in total. The number of benzene rings is 1. The Balaban J connectivity index is 3.09. The zero-order chi connectivity index (χ0) is 14.0. The molecule has 1 rings (SSSR count). The number of rotatable bonds is 4. The van der Waals surface area contributed by atoms with Gasteiger partial charge in [0.1, 0.15) is 5.69 Å². The summed E-state index contributed by atoms with van der Waals surface area (Å²) in [7, 11) is -3.25. The van der Waals surface area contributed by atoms with Gasteiger partial charge >= 0.3 is 0 Å². The van der Waals surface area contributed by atoms with E-state index >= 15 is 0 Å². The lowest BCUT2D eigenvalue weighted by Gasteiger charge is -2.20. The molecule has 6 heteroatoms. The summed E-state index contributed by atoms with van der Waals surface area (Å²) in [5.74, 6) is 0. The quantitative estimate of drug-likeness (QED) is 0.854. The Bertz CT molecular complexity index is 545. The highest BCUT2D eigenvalue weighted by Gasteiger charge is 2.16. The highest BCUT2D eigenvalue weighted by Crippen LogP contribution is 2.27. The van der Waals surface area contributed by atoms with Crippen molar-refractivity contribution in [2.75, 3.05) is 6.26 Å². The van der Waals surface area contributed by atoms with Crippen LogP contribution < -0.4 is 4.72 Å². The first-order valence-corrected chi connectivity index (χ1v) is 7.43. The van der Waals surface area contributed by atoms with Crippen LogP contribution in [-0.4, -0.2) is 14.7 Å². The minimum Gasteiger partial charge on any atom is -0.213 e. The van der Waals surface area contributed by atoms with Gasteiger partial charge in [-0.1, -0.05) is 26.8 Å². The van der Waals surface area contributed by atoms with Crippen molar-refractivity contribution in [2.24, 2.45) is 5.18 Å². The maximum Gasteiger partial charge on any atom is 0.209 e. The van der Waals surface area contributed by atoms with E-state index in [-0.39, 0.29) is 12.0 Å². The van der Waals surface area contributed by atoms with Crippen LogP contribution in [0.2, 0.25) is 0 Å². The molecule has 0 radical (unpaired) electrons. The molecule has 0 aliphatic heterocycles. The molecule has 0 saturated heterocycles. The van der Waals surface area contributed by atoms with E-state index in [1.54, 1.807) is 12.1 Å². The van der Waals surface area contributed by atoms with Crippen LogP contribution in [0.5, 0.6) is 0 Å². The normalized spacial score (nSPS) is 12.4. The second-order valence-corrected chi connectivity index (χ2v) is 7.16. The zero-order valence-electron chi connectivity index (χ0n) is 11.0. The van der Waals surface area contributed by atoms with Crippen molar-refractivity contribution in [1.82, 2.24) is 4.72 Å². The van der Waals surface area contributed by atoms with Gasteiger partial charge in [0, 0.05) is 6.54 Å². The lowest BCUT2D eigenvalue weighted by Crippen LogP contribution is -2.21. The molecule has 18 heavy (non-hydrogen) atoms. The third kappa shape index (κ3) is 4.54. The molecule has 0 fully saturated rings. The molecular weight excluding hydrogens is 252 g/mol. The molecule has 1 aromatic rings. The average Bonchev–Trinajstić information content (AvgIpc) is 2.24. The van der Waals surface area contributed by atoms with Crippen LogP contribution in [-0.2, 0) is 22.0 Å². The van der Waals surface area contributed by atoms with Crippen LogP contribution in [0.25, 0.3) is 0 Å². The van der Waals surface area contributed by atoms with Crippen LogP contribution in [0.4, 0.5) is 5.69 Å². The van der Waals surface area contributed by atoms with E-state index < -0.39 is 10.0 Å². The summed E-state index contributed by atoms with van der Waals surface area (Å²) < 4.78 is 24.5. The van der Waals surface area contributed by atoms with Gasteiger partial charge in [-0.05, 0) is 33.9 Å². The Kier molecular flexibility index (Phi) is 4.24. The fraction of sp³-hybridized carbons (Fsp3) is 0.500. The van der Waals surface area contributed by atoms with Gasteiger partial charge in [-0.15, -0.1) is 4.91 Å². The van der Waals surface area contributed by atoms with E-state index in [4.69, 9.17) is 0 Å². The SMILES string of the molecule is CC(C)(C)c1cc(CNS(C)(=O)=O)cc(N=O)c1. The number of nitrogens with zero attached hydrogens (tertiary/aromatic N) is 1. The number of hydrogen-bond donors (Lipinski definition) is 1. The molecule has 1 N–H and O–H groups in total. The third-order valence-electron chi connectivity index (χ3n) is 2.49. The molecule has 0 heterocycles. The maximum atomic E-state index is 11.0. The minimum atomic E-state index is -3.25. The average molecular weight is 270 g/mol. The first-order valence-electron chi connectivity index (χ1n) is 5.54. The van der Waals surface area contributed by atoms with Gasteiger partial charge in [0.05, 0.1) is 6.26 Å². The number of sulfonamides is 1. The van der Waals surface area contributed by atoms with Gasteiger partial charge in [-0.25, -0.2) is 13.1 Å². The Morgan fingerprint density at radius 2 is 1.83 bits per heavy atom. The van der Waals surface area contributed by atoms with E-state index in [2.05, 4.69) is 9.90 Å². The van der Waals surface area contributed by atoms with Crippen LogP contribution in [0.3, 0.4) is 0 Å². The van der Waals surface area contributed by atoms with Gasteiger partial charge in [0.2, 0.25) is 10.0 Å².